The molecule has 0 spiro atoms. The van der Waals surface area contributed by atoms with E-state index >= 15 is 0 Å². The highest BCUT2D eigenvalue weighted by molar-refractivity contribution is 7.99. The van der Waals surface area contributed by atoms with Gasteiger partial charge in [0.25, 0.3) is 0 Å². The van der Waals surface area contributed by atoms with E-state index in [2.05, 4.69) is 11.8 Å². The second-order valence-corrected chi connectivity index (χ2v) is 13.8. The second-order valence-electron chi connectivity index (χ2n) is 10.8. The highest BCUT2D eigenvalue weighted by Crippen LogP contribution is 2.31. The number of carbonyl (C=O) groups is 1. The topological polar surface area (TPSA) is 79.4 Å². The fourth-order valence-corrected chi connectivity index (χ4v) is 9.16. The highest BCUT2D eigenvalue weighted by Gasteiger charge is 2.36. The molecule has 1 amide bonds. The molecule has 0 aliphatic carbocycles. The van der Waals surface area contributed by atoms with Gasteiger partial charge in [-0.25, -0.2) is 8.42 Å². The zero-order chi connectivity index (χ0) is 26.6. The molecule has 3 saturated heterocycles. The van der Waals surface area contributed by atoms with Crippen molar-refractivity contribution in [1.82, 2.24) is 14.1 Å². The highest BCUT2D eigenvalue weighted by atomic mass is 32.2. The Balaban J connectivity index is 1.30. The Hall–Kier alpha value is -1.33. The number of benzene rings is 1. The molecule has 3 aliphatic rings. The van der Waals surface area contributed by atoms with Crippen molar-refractivity contribution in [2.45, 2.75) is 63.4 Å². The van der Waals surface area contributed by atoms with Crippen molar-refractivity contribution in [2.75, 3.05) is 64.6 Å². The maximum Gasteiger partial charge on any atom is 0.248 e. The lowest BCUT2D eigenvalue weighted by molar-refractivity contribution is -0.138. The van der Waals surface area contributed by atoms with Crippen LogP contribution in [0.1, 0.15) is 43.7 Å². The van der Waals surface area contributed by atoms with Crippen LogP contribution in [0.15, 0.2) is 17.0 Å². The summed E-state index contributed by atoms with van der Waals surface area (Å²) in [5.74, 6) is 2.88. The molecule has 4 rings (SSSR count). The predicted octanol–water partition coefficient (Wildman–Crippen LogP) is 3.16. The number of methoxy groups -OCH3 is 1. The van der Waals surface area contributed by atoms with Gasteiger partial charge >= 0.3 is 0 Å². The van der Waals surface area contributed by atoms with Crippen LogP contribution in [0.4, 0.5) is 0 Å². The maximum atomic E-state index is 13.7. The molecule has 0 radical (unpaired) electrons. The Morgan fingerprint density at radius 2 is 1.68 bits per heavy atom. The van der Waals surface area contributed by atoms with Crippen LogP contribution >= 0.6 is 11.8 Å². The number of rotatable bonds is 8. The van der Waals surface area contributed by atoms with E-state index in [4.69, 9.17) is 9.47 Å². The minimum Gasteiger partial charge on any atom is -0.497 e. The smallest absolute Gasteiger partial charge is 0.248 e. The molecule has 1 aromatic carbocycles. The SMILES string of the molecule is COc1cc(C)c(S(=O)(=O)N2CCSCC2COCC(=O)N2CCC(N3CCC(C)CC3)CC2)c(C)c1. The van der Waals surface area contributed by atoms with Gasteiger partial charge < -0.3 is 19.3 Å². The number of likely N-dealkylation sites (tertiary alicyclic amines) is 2. The lowest BCUT2D eigenvalue weighted by atomic mass is 9.95. The van der Waals surface area contributed by atoms with E-state index in [0.29, 0.717) is 40.1 Å². The summed E-state index contributed by atoms with van der Waals surface area (Å²) in [5, 5.41) is 0. The number of thioether (sulfide) groups is 1. The van der Waals surface area contributed by atoms with Gasteiger partial charge in [-0.15, -0.1) is 0 Å². The first-order valence-electron chi connectivity index (χ1n) is 13.5. The van der Waals surface area contributed by atoms with E-state index in [1.807, 2.05) is 4.90 Å². The van der Waals surface area contributed by atoms with E-state index in [-0.39, 0.29) is 25.2 Å². The van der Waals surface area contributed by atoms with Crippen LogP contribution in [0.2, 0.25) is 0 Å². The van der Waals surface area contributed by atoms with Crippen LogP contribution in [0.3, 0.4) is 0 Å². The summed E-state index contributed by atoms with van der Waals surface area (Å²) in [4.78, 5) is 17.7. The predicted molar refractivity (Wildman–Crippen MR) is 148 cm³/mol. The van der Waals surface area contributed by atoms with Gasteiger partial charge in [0.05, 0.1) is 24.7 Å². The standard InChI is InChI=1S/C27H43N3O5S2/c1-20-5-9-28(10-6-20)23-7-11-29(12-8-23)26(31)18-35-17-24-19-36-14-13-30(24)37(32,33)27-21(2)15-25(34-4)16-22(27)3/h15-16,20,23-24H,5-14,17-19H2,1-4H3. The monoisotopic (exact) mass is 553 g/mol. The van der Waals surface area contributed by atoms with Gasteiger partial charge in [0.2, 0.25) is 15.9 Å². The van der Waals surface area contributed by atoms with Gasteiger partial charge in [0, 0.05) is 37.2 Å². The number of hydrogen-bond acceptors (Lipinski definition) is 7. The van der Waals surface area contributed by atoms with Crippen molar-refractivity contribution in [3.05, 3.63) is 23.3 Å². The van der Waals surface area contributed by atoms with Gasteiger partial charge in [-0.1, -0.05) is 6.92 Å². The number of ether oxygens (including phenoxy) is 2. The van der Waals surface area contributed by atoms with E-state index < -0.39 is 10.0 Å². The molecule has 0 saturated carbocycles. The number of hydrogen-bond donors (Lipinski definition) is 0. The summed E-state index contributed by atoms with van der Waals surface area (Å²) in [6, 6.07) is 3.81. The van der Waals surface area contributed by atoms with Gasteiger partial charge in [0.1, 0.15) is 12.4 Å². The van der Waals surface area contributed by atoms with Gasteiger partial charge in [-0.05, 0) is 81.8 Å². The molecular weight excluding hydrogens is 510 g/mol. The summed E-state index contributed by atoms with van der Waals surface area (Å²) in [6.07, 6.45) is 4.59. The average molecular weight is 554 g/mol. The fourth-order valence-electron chi connectivity index (χ4n) is 5.89. The number of aryl methyl sites for hydroxylation is 2. The van der Waals surface area contributed by atoms with Crippen LogP contribution in [-0.4, -0.2) is 105 Å². The first kappa shape index (κ1) is 28.7. The number of carbonyl (C=O) groups excluding carboxylic acids is 1. The van der Waals surface area contributed by atoms with Crippen molar-refractivity contribution in [3.63, 3.8) is 0 Å². The summed E-state index contributed by atoms with van der Waals surface area (Å²) < 4.78 is 40.1. The molecule has 208 valence electrons. The Morgan fingerprint density at radius 3 is 2.30 bits per heavy atom. The quantitative estimate of drug-likeness (QED) is 0.489. The first-order chi connectivity index (χ1) is 17.7. The normalized spacial score (nSPS) is 23.4. The molecule has 3 fully saturated rings. The van der Waals surface area contributed by atoms with Crippen molar-refractivity contribution in [2.24, 2.45) is 5.92 Å². The zero-order valence-corrected chi connectivity index (χ0v) is 24.4. The Bertz CT molecular complexity index is 1010. The van der Waals surface area contributed by atoms with E-state index in [1.54, 1.807) is 49.2 Å². The summed E-state index contributed by atoms with van der Waals surface area (Å²) in [7, 11) is -2.13. The van der Waals surface area contributed by atoms with E-state index in [1.165, 1.54) is 25.9 Å². The second kappa shape index (κ2) is 12.7. The van der Waals surface area contributed by atoms with Crippen LogP contribution in [0, 0.1) is 19.8 Å². The Morgan fingerprint density at radius 1 is 1.03 bits per heavy atom. The van der Waals surface area contributed by atoms with E-state index in [9.17, 15) is 13.2 Å². The van der Waals surface area contributed by atoms with Crippen LogP contribution in [0.25, 0.3) is 0 Å². The van der Waals surface area contributed by atoms with Crippen LogP contribution in [0.5, 0.6) is 5.75 Å². The van der Waals surface area contributed by atoms with Crippen molar-refractivity contribution >= 4 is 27.7 Å². The third kappa shape index (κ3) is 6.82. The van der Waals surface area contributed by atoms with Gasteiger partial charge in [-0.2, -0.15) is 16.1 Å². The fraction of sp³-hybridized carbons (Fsp3) is 0.741. The summed E-state index contributed by atoms with van der Waals surface area (Å²) in [6.45, 7) is 10.5. The molecule has 1 aromatic rings. The lowest BCUT2D eigenvalue weighted by Gasteiger charge is -2.41. The third-order valence-electron chi connectivity index (χ3n) is 8.10. The Labute approximate surface area is 227 Å². The Kier molecular flexibility index (Phi) is 9.83. The van der Waals surface area contributed by atoms with Gasteiger partial charge in [-0.3, -0.25) is 4.79 Å². The minimum atomic E-state index is -3.70. The summed E-state index contributed by atoms with van der Waals surface area (Å²) >= 11 is 1.73. The summed E-state index contributed by atoms with van der Waals surface area (Å²) in [5.41, 5.74) is 1.35. The maximum absolute atomic E-state index is 13.7. The van der Waals surface area contributed by atoms with E-state index in [0.717, 1.165) is 37.6 Å². The number of nitrogens with zero attached hydrogens (tertiary/aromatic N) is 3. The molecule has 3 aliphatic heterocycles. The first-order valence-corrected chi connectivity index (χ1v) is 16.1. The van der Waals surface area contributed by atoms with Crippen molar-refractivity contribution < 1.29 is 22.7 Å². The third-order valence-corrected chi connectivity index (χ3v) is 11.4. The molecule has 1 atom stereocenters. The zero-order valence-electron chi connectivity index (χ0n) is 22.8. The molecular formula is C27H43N3O5S2. The molecule has 10 heteroatoms. The minimum absolute atomic E-state index is 0.00153. The molecule has 3 heterocycles. The van der Waals surface area contributed by atoms with Crippen molar-refractivity contribution in [3.8, 4) is 5.75 Å². The number of sulfonamides is 1. The molecule has 1 unspecified atom stereocenters. The molecule has 0 aromatic heterocycles. The average Bonchev–Trinajstić information content (AvgIpc) is 2.88. The van der Waals surface area contributed by atoms with Crippen LogP contribution < -0.4 is 4.74 Å². The number of amides is 1. The molecule has 0 bridgehead atoms. The number of piperidine rings is 2. The van der Waals surface area contributed by atoms with Crippen LogP contribution in [-0.2, 0) is 19.6 Å². The largest absolute Gasteiger partial charge is 0.497 e. The molecule has 37 heavy (non-hydrogen) atoms. The van der Waals surface area contributed by atoms with Crippen molar-refractivity contribution in [1.29, 1.82) is 0 Å². The lowest BCUT2D eigenvalue weighted by Crippen LogP contribution is -2.50. The molecule has 0 N–H and O–H groups in total. The molecule has 8 nitrogen and oxygen atoms in total. The van der Waals surface area contributed by atoms with Gasteiger partial charge in [0.15, 0.2) is 0 Å².